The number of benzene rings is 1. The Morgan fingerprint density at radius 1 is 1.14 bits per heavy atom. The van der Waals surface area contributed by atoms with Crippen molar-refractivity contribution in [1.29, 1.82) is 0 Å². The first kappa shape index (κ1) is 15.1. The summed E-state index contributed by atoms with van der Waals surface area (Å²) in [6.07, 6.45) is 7.32. The maximum absolute atomic E-state index is 6.04. The average molecular weight is 296 g/mol. The molecule has 4 heteroatoms. The molecule has 1 aromatic heterocycles. The molecule has 0 saturated carbocycles. The van der Waals surface area contributed by atoms with Crippen LogP contribution in [0.4, 0.5) is 0 Å². The highest BCUT2D eigenvalue weighted by molar-refractivity contribution is 5.59. The van der Waals surface area contributed by atoms with E-state index >= 15 is 0 Å². The van der Waals surface area contributed by atoms with E-state index in [1.807, 2.05) is 24.5 Å². The van der Waals surface area contributed by atoms with Gasteiger partial charge in [-0.15, -0.1) is 0 Å². The van der Waals surface area contributed by atoms with Crippen LogP contribution in [0.5, 0.6) is 0 Å². The third-order valence-electron chi connectivity index (χ3n) is 4.36. The summed E-state index contributed by atoms with van der Waals surface area (Å²) in [7, 11) is 0. The van der Waals surface area contributed by atoms with E-state index in [-0.39, 0.29) is 0 Å². The van der Waals surface area contributed by atoms with Crippen molar-refractivity contribution in [3.05, 3.63) is 47.8 Å². The van der Waals surface area contributed by atoms with Crippen molar-refractivity contribution in [2.75, 3.05) is 13.1 Å². The molecule has 2 heterocycles. The number of aromatic nitrogens is 2. The molecule has 1 fully saturated rings. The van der Waals surface area contributed by atoms with E-state index in [1.54, 1.807) is 0 Å². The van der Waals surface area contributed by atoms with Crippen molar-refractivity contribution < 1.29 is 0 Å². The predicted molar refractivity (Wildman–Crippen MR) is 89.3 cm³/mol. The zero-order chi connectivity index (χ0) is 15.4. The first-order valence-corrected chi connectivity index (χ1v) is 8.07. The van der Waals surface area contributed by atoms with Crippen LogP contribution in [-0.2, 0) is 6.54 Å². The molecule has 1 atom stereocenters. The van der Waals surface area contributed by atoms with Crippen LogP contribution in [-0.4, -0.2) is 34.0 Å². The smallest absolute Gasteiger partial charge is 0.159 e. The fourth-order valence-electron chi connectivity index (χ4n) is 3.00. The topological polar surface area (TPSA) is 55.0 Å². The number of nitrogens with zero attached hydrogens (tertiary/aromatic N) is 3. The van der Waals surface area contributed by atoms with Gasteiger partial charge in [0.25, 0.3) is 0 Å². The van der Waals surface area contributed by atoms with Gasteiger partial charge in [-0.05, 0) is 44.8 Å². The lowest BCUT2D eigenvalue weighted by molar-refractivity contribution is 0.275. The molecular weight excluding hydrogens is 272 g/mol. The van der Waals surface area contributed by atoms with Gasteiger partial charge in [0.15, 0.2) is 5.82 Å². The average Bonchev–Trinajstić information content (AvgIpc) is 2.73. The minimum absolute atomic E-state index is 0.365. The molecule has 2 aromatic rings. The van der Waals surface area contributed by atoms with Gasteiger partial charge < -0.3 is 5.73 Å². The normalized spacial score (nSPS) is 19.8. The quantitative estimate of drug-likeness (QED) is 0.946. The summed E-state index contributed by atoms with van der Waals surface area (Å²) in [4.78, 5) is 11.6. The summed E-state index contributed by atoms with van der Waals surface area (Å²) in [6, 6.07) is 8.59. The lowest BCUT2D eigenvalue weighted by atomic mass is 10.1. The fraction of sp³-hybridized carbons (Fsp3) is 0.444. The molecule has 22 heavy (non-hydrogen) atoms. The molecule has 0 aliphatic carbocycles. The van der Waals surface area contributed by atoms with Crippen molar-refractivity contribution in [1.82, 2.24) is 14.9 Å². The predicted octanol–water partition coefficient (Wildman–Crippen LogP) is 2.77. The standard InChI is InChI=1S/C18H24N4/c1-14-5-2-3-7-17(14)18-20-11-15(12-21-18)13-22-9-4-6-16(19)8-10-22/h2-3,5,7,11-12,16H,4,6,8-10,13,19H2,1H3. The van der Waals surface area contributed by atoms with Crippen LogP contribution in [0.25, 0.3) is 11.4 Å². The van der Waals surface area contributed by atoms with E-state index in [9.17, 15) is 0 Å². The maximum atomic E-state index is 6.04. The van der Waals surface area contributed by atoms with Gasteiger partial charge in [0, 0.05) is 36.1 Å². The second-order valence-corrected chi connectivity index (χ2v) is 6.20. The van der Waals surface area contributed by atoms with Crippen molar-refractivity contribution in [3.8, 4) is 11.4 Å². The highest BCUT2D eigenvalue weighted by atomic mass is 15.1. The molecule has 0 spiro atoms. The molecule has 0 amide bonds. The SMILES string of the molecule is Cc1ccccc1-c1ncc(CN2CCCC(N)CC2)cn1. The Kier molecular flexibility index (Phi) is 4.80. The van der Waals surface area contributed by atoms with Gasteiger partial charge in [-0.1, -0.05) is 24.3 Å². The molecule has 0 bridgehead atoms. The van der Waals surface area contributed by atoms with E-state index < -0.39 is 0 Å². The summed E-state index contributed by atoms with van der Waals surface area (Å²) in [5.41, 5.74) is 9.52. The van der Waals surface area contributed by atoms with Crippen LogP contribution in [0.3, 0.4) is 0 Å². The molecule has 1 unspecified atom stereocenters. The van der Waals surface area contributed by atoms with Crippen molar-refractivity contribution in [2.24, 2.45) is 5.73 Å². The lowest BCUT2D eigenvalue weighted by Crippen LogP contribution is -2.26. The first-order chi connectivity index (χ1) is 10.7. The van der Waals surface area contributed by atoms with Crippen LogP contribution in [0.15, 0.2) is 36.7 Å². The second-order valence-electron chi connectivity index (χ2n) is 6.20. The van der Waals surface area contributed by atoms with E-state index in [0.717, 1.165) is 43.9 Å². The second kappa shape index (κ2) is 6.99. The van der Waals surface area contributed by atoms with Crippen LogP contribution in [0.1, 0.15) is 30.4 Å². The van der Waals surface area contributed by atoms with Crippen LogP contribution < -0.4 is 5.73 Å². The summed E-state index contributed by atoms with van der Waals surface area (Å²) in [5.74, 6) is 0.805. The van der Waals surface area contributed by atoms with E-state index in [4.69, 9.17) is 5.73 Å². The number of rotatable bonds is 3. The summed E-state index contributed by atoms with van der Waals surface area (Å²) in [6.45, 7) is 5.20. The molecule has 1 aliphatic heterocycles. The van der Waals surface area contributed by atoms with E-state index in [1.165, 1.54) is 17.5 Å². The monoisotopic (exact) mass is 296 g/mol. The molecule has 2 N–H and O–H groups in total. The molecule has 1 saturated heterocycles. The van der Waals surface area contributed by atoms with Gasteiger partial charge in [0.1, 0.15) is 0 Å². The minimum atomic E-state index is 0.365. The largest absolute Gasteiger partial charge is 0.328 e. The summed E-state index contributed by atoms with van der Waals surface area (Å²) in [5, 5.41) is 0. The van der Waals surface area contributed by atoms with E-state index in [2.05, 4.69) is 33.9 Å². The lowest BCUT2D eigenvalue weighted by Gasteiger charge is -2.19. The Bertz CT molecular complexity index is 609. The van der Waals surface area contributed by atoms with Gasteiger partial charge in [-0.2, -0.15) is 0 Å². The molecule has 0 radical (unpaired) electrons. The third-order valence-corrected chi connectivity index (χ3v) is 4.36. The van der Waals surface area contributed by atoms with Gasteiger partial charge in [-0.25, -0.2) is 9.97 Å². The molecule has 4 nitrogen and oxygen atoms in total. The third kappa shape index (κ3) is 3.70. The van der Waals surface area contributed by atoms with Crippen LogP contribution in [0, 0.1) is 6.92 Å². The van der Waals surface area contributed by atoms with Gasteiger partial charge in [-0.3, -0.25) is 4.90 Å². The van der Waals surface area contributed by atoms with Crippen molar-refractivity contribution >= 4 is 0 Å². The summed E-state index contributed by atoms with van der Waals surface area (Å²) >= 11 is 0. The number of likely N-dealkylation sites (tertiary alicyclic amines) is 1. The highest BCUT2D eigenvalue weighted by Crippen LogP contribution is 2.19. The number of hydrogen-bond acceptors (Lipinski definition) is 4. The molecule has 1 aromatic carbocycles. The number of nitrogens with two attached hydrogens (primary N) is 1. The fourth-order valence-corrected chi connectivity index (χ4v) is 3.00. The Morgan fingerprint density at radius 3 is 2.68 bits per heavy atom. The summed E-state index contributed by atoms with van der Waals surface area (Å²) < 4.78 is 0. The Morgan fingerprint density at radius 2 is 1.91 bits per heavy atom. The molecule has 1 aliphatic rings. The van der Waals surface area contributed by atoms with Gasteiger partial charge in [0.2, 0.25) is 0 Å². The van der Waals surface area contributed by atoms with E-state index in [0.29, 0.717) is 6.04 Å². The molecule has 3 rings (SSSR count). The minimum Gasteiger partial charge on any atom is -0.328 e. The molecule has 116 valence electrons. The zero-order valence-corrected chi connectivity index (χ0v) is 13.2. The highest BCUT2D eigenvalue weighted by Gasteiger charge is 2.14. The Balaban J connectivity index is 1.68. The van der Waals surface area contributed by atoms with Crippen LogP contribution >= 0.6 is 0 Å². The van der Waals surface area contributed by atoms with Gasteiger partial charge in [0.05, 0.1) is 0 Å². The Labute approximate surface area is 132 Å². The Hall–Kier alpha value is -1.78. The molecular formula is C18H24N4. The maximum Gasteiger partial charge on any atom is 0.159 e. The number of hydrogen-bond donors (Lipinski definition) is 1. The zero-order valence-electron chi connectivity index (χ0n) is 13.2. The van der Waals surface area contributed by atoms with Crippen molar-refractivity contribution in [2.45, 2.75) is 38.8 Å². The number of aryl methyl sites for hydroxylation is 1. The van der Waals surface area contributed by atoms with Crippen molar-refractivity contribution in [3.63, 3.8) is 0 Å². The first-order valence-electron chi connectivity index (χ1n) is 8.07. The van der Waals surface area contributed by atoms with Crippen LogP contribution in [0.2, 0.25) is 0 Å². The van der Waals surface area contributed by atoms with Gasteiger partial charge >= 0.3 is 0 Å².